The molecule has 24 heavy (non-hydrogen) atoms. The van der Waals surface area contributed by atoms with Crippen molar-refractivity contribution in [2.75, 3.05) is 33.2 Å². The number of benzene rings is 1. The van der Waals surface area contributed by atoms with Crippen molar-refractivity contribution in [2.24, 2.45) is 0 Å². The first-order valence-electron chi connectivity index (χ1n) is 8.19. The monoisotopic (exact) mass is 351 g/mol. The van der Waals surface area contributed by atoms with E-state index < -0.39 is 5.60 Å². The average Bonchev–Trinajstić information content (AvgIpc) is 2.82. The molecule has 0 saturated carbocycles. The molecule has 3 rings (SSSR count). The number of urea groups is 1. The molecule has 1 spiro atoms. The third-order valence-corrected chi connectivity index (χ3v) is 4.96. The number of piperidine rings is 1. The minimum absolute atomic E-state index is 0.119. The molecule has 3 amide bonds. The first-order valence-corrected chi connectivity index (χ1v) is 8.57. The molecular formula is C17H22ClN3O3. The molecule has 0 aromatic heterocycles. The SMILES string of the molecule is CN1CC2(CCCN(C(=O)NCCc3ccccc3Cl)C2)OC1=O. The van der Waals surface area contributed by atoms with Gasteiger partial charge in [-0.3, -0.25) is 0 Å². The zero-order valence-electron chi connectivity index (χ0n) is 13.8. The number of hydrogen-bond donors (Lipinski definition) is 1. The Labute approximate surface area is 146 Å². The number of halogens is 1. The second kappa shape index (κ2) is 6.89. The third kappa shape index (κ3) is 3.59. The Morgan fingerprint density at radius 3 is 2.88 bits per heavy atom. The molecule has 130 valence electrons. The van der Waals surface area contributed by atoms with Gasteiger partial charge in [0.15, 0.2) is 0 Å². The average molecular weight is 352 g/mol. The Morgan fingerprint density at radius 1 is 1.38 bits per heavy atom. The van der Waals surface area contributed by atoms with E-state index in [0.717, 1.165) is 18.4 Å². The zero-order valence-corrected chi connectivity index (χ0v) is 14.5. The van der Waals surface area contributed by atoms with Gasteiger partial charge in [0.25, 0.3) is 0 Å². The van der Waals surface area contributed by atoms with E-state index >= 15 is 0 Å². The number of likely N-dealkylation sites (N-methyl/N-ethyl adjacent to an activating group) is 1. The maximum atomic E-state index is 12.4. The predicted octanol–water partition coefficient (Wildman–Crippen LogP) is 2.51. The maximum absolute atomic E-state index is 12.4. The first kappa shape index (κ1) is 16.9. The standard InChI is InChI=1S/C17H22ClN3O3/c1-20-11-17(24-16(20)23)8-4-10-21(12-17)15(22)19-9-7-13-5-2-3-6-14(13)18/h2-3,5-6H,4,7-12H2,1H3,(H,19,22). The van der Waals surface area contributed by atoms with Gasteiger partial charge in [-0.25, -0.2) is 9.59 Å². The lowest BCUT2D eigenvalue weighted by Crippen LogP contribution is -2.54. The van der Waals surface area contributed by atoms with Crippen molar-refractivity contribution in [1.29, 1.82) is 0 Å². The summed E-state index contributed by atoms with van der Waals surface area (Å²) in [6.45, 7) is 2.18. The largest absolute Gasteiger partial charge is 0.439 e. The Balaban J connectivity index is 1.52. The quantitative estimate of drug-likeness (QED) is 0.910. The number of nitrogens with zero attached hydrogens (tertiary/aromatic N) is 2. The Hall–Kier alpha value is -1.95. The number of amides is 3. The number of likely N-dealkylation sites (tertiary alicyclic amines) is 1. The fourth-order valence-electron chi connectivity index (χ4n) is 3.39. The highest BCUT2D eigenvalue weighted by Gasteiger charge is 2.47. The van der Waals surface area contributed by atoms with Gasteiger partial charge in [-0.05, 0) is 30.9 Å². The highest BCUT2D eigenvalue weighted by atomic mass is 35.5. The van der Waals surface area contributed by atoms with Crippen LogP contribution < -0.4 is 5.32 Å². The summed E-state index contributed by atoms with van der Waals surface area (Å²) in [7, 11) is 1.72. The minimum Gasteiger partial charge on any atom is -0.439 e. The molecule has 1 aromatic carbocycles. The molecule has 0 bridgehead atoms. The fraction of sp³-hybridized carbons (Fsp3) is 0.529. The topological polar surface area (TPSA) is 61.9 Å². The van der Waals surface area contributed by atoms with Crippen LogP contribution in [-0.4, -0.2) is 60.8 Å². The Morgan fingerprint density at radius 2 is 2.17 bits per heavy atom. The molecule has 2 fully saturated rings. The smallest absolute Gasteiger partial charge is 0.410 e. The van der Waals surface area contributed by atoms with Crippen molar-refractivity contribution < 1.29 is 14.3 Å². The second-order valence-electron chi connectivity index (χ2n) is 6.51. The molecule has 6 nitrogen and oxygen atoms in total. The number of hydrogen-bond acceptors (Lipinski definition) is 3. The van der Waals surface area contributed by atoms with Gasteiger partial charge in [0.05, 0.1) is 13.1 Å². The van der Waals surface area contributed by atoms with Crippen LogP contribution in [0.3, 0.4) is 0 Å². The van der Waals surface area contributed by atoms with Crippen LogP contribution in [-0.2, 0) is 11.2 Å². The summed E-state index contributed by atoms with van der Waals surface area (Å²) in [5.74, 6) is 0. The number of rotatable bonds is 3. The van der Waals surface area contributed by atoms with Gasteiger partial charge in [-0.2, -0.15) is 0 Å². The summed E-state index contributed by atoms with van der Waals surface area (Å²) in [6, 6.07) is 7.50. The van der Waals surface area contributed by atoms with E-state index in [0.29, 0.717) is 37.6 Å². The van der Waals surface area contributed by atoms with Crippen LogP contribution in [0.5, 0.6) is 0 Å². The molecule has 2 aliphatic rings. The van der Waals surface area contributed by atoms with Crippen molar-refractivity contribution in [3.63, 3.8) is 0 Å². The number of carbonyl (C=O) groups excluding carboxylic acids is 2. The molecule has 0 radical (unpaired) electrons. The molecule has 2 aliphatic heterocycles. The van der Waals surface area contributed by atoms with E-state index in [1.807, 2.05) is 24.3 Å². The van der Waals surface area contributed by atoms with Crippen LogP contribution in [0.25, 0.3) is 0 Å². The summed E-state index contributed by atoms with van der Waals surface area (Å²) in [4.78, 5) is 27.4. The van der Waals surface area contributed by atoms with Crippen LogP contribution in [0.2, 0.25) is 5.02 Å². The molecular weight excluding hydrogens is 330 g/mol. The molecule has 7 heteroatoms. The second-order valence-corrected chi connectivity index (χ2v) is 6.91. The van der Waals surface area contributed by atoms with Crippen LogP contribution in [0.1, 0.15) is 18.4 Å². The van der Waals surface area contributed by atoms with Crippen LogP contribution >= 0.6 is 11.6 Å². The van der Waals surface area contributed by atoms with Crippen molar-refractivity contribution in [2.45, 2.75) is 24.9 Å². The van der Waals surface area contributed by atoms with Crippen LogP contribution in [0.4, 0.5) is 9.59 Å². The van der Waals surface area contributed by atoms with Gasteiger partial charge in [0, 0.05) is 25.2 Å². The van der Waals surface area contributed by atoms with Crippen molar-refractivity contribution in [3.05, 3.63) is 34.9 Å². The lowest BCUT2D eigenvalue weighted by atomic mass is 9.93. The Kier molecular flexibility index (Phi) is 4.85. The summed E-state index contributed by atoms with van der Waals surface area (Å²) < 4.78 is 5.52. The van der Waals surface area contributed by atoms with Gasteiger partial charge in [0.2, 0.25) is 0 Å². The van der Waals surface area contributed by atoms with Crippen molar-refractivity contribution in [3.8, 4) is 0 Å². The van der Waals surface area contributed by atoms with Gasteiger partial charge in [-0.1, -0.05) is 29.8 Å². The molecule has 2 saturated heterocycles. The van der Waals surface area contributed by atoms with Gasteiger partial charge in [0.1, 0.15) is 5.60 Å². The summed E-state index contributed by atoms with van der Waals surface area (Å²) in [5.41, 5.74) is 0.463. The lowest BCUT2D eigenvalue weighted by Gasteiger charge is -2.38. The molecule has 0 aliphatic carbocycles. The lowest BCUT2D eigenvalue weighted by molar-refractivity contribution is 0.00325. The first-order chi connectivity index (χ1) is 11.5. The van der Waals surface area contributed by atoms with Crippen LogP contribution in [0, 0.1) is 0 Å². The molecule has 1 unspecified atom stereocenters. The zero-order chi connectivity index (χ0) is 17.2. The molecule has 1 aromatic rings. The molecule has 1 atom stereocenters. The van der Waals surface area contributed by atoms with E-state index in [9.17, 15) is 9.59 Å². The normalized spacial score (nSPS) is 23.5. The minimum atomic E-state index is -0.551. The Bertz CT molecular complexity index is 639. The van der Waals surface area contributed by atoms with E-state index in [4.69, 9.17) is 16.3 Å². The van der Waals surface area contributed by atoms with Crippen molar-refractivity contribution >= 4 is 23.7 Å². The fourth-order valence-corrected chi connectivity index (χ4v) is 3.62. The molecule has 1 N–H and O–H groups in total. The summed E-state index contributed by atoms with van der Waals surface area (Å²) >= 11 is 6.12. The number of carbonyl (C=O) groups is 2. The highest BCUT2D eigenvalue weighted by molar-refractivity contribution is 6.31. The van der Waals surface area contributed by atoms with E-state index in [1.54, 1.807) is 16.8 Å². The number of ether oxygens (including phenoxy) is 1. The highest BCUT2D eigenvalue weighted by Crippen LogP contribution is 2.31. The predicted molar refractivity (Wildman–Crippen MR) is 91.2 cm³/mol. The van der Waals surface area contributed by atoms with E-state index in [1.165, 1.54) is 0 Å². The molecule has 2 heterocycles. The third-order valence-electron chi connectivity index (χ3n) is 4.60. The van der Waals surface area contributed by atoms with Gasteiger partial charge < -0.3 is 19.9 Å². The number of nitrogens with one attached hydrogen (secondary N) is 1. The maximum Gasteiger partial charge on any atom is 0.410 e. The van der Waals surface area contributed by atoms with E-state index in [2.05, 4.69) is 5.32 Å². The van der Waals surface area contributed by atoms with Crippen LogP contribution in [0.15, 0.2) is 24.3 Å². The summed E-state index contributed by atoms with van der Waals surface area (Å²) in [5, 5.41) is 3.64. The van der Waals surface area contributed by atoms with Crippen molar-refractivity contribution in [1.82, 2.24) is 15.1 Å². The van der Waals surface area contributed by atoms with Gasteiger partial charge in [-0.15, -0.1) is 0 Å². The summed E-state index contributed by atoms with van der Waals surface area (Å²) in [6.07, 6.45) is 2.00. The van der Waals surface area contributed by atoms with E-state index in [-0.39, 0.29) is 12.1 Å². The van der Waals surface area contributed by atoms with Gasteiger partial charge >= 0.3 is 12.1 Å².